The van der Waals surface area contributed by atoms with Crippen LogP contribution in [0.3, 0.4) is 0 Å². The van der Waals surface area contributed by atoms with Crippen LogP contribution in [0.25, 0.3) is 55.7 Å². The van der Waals surface area contributed by atoms with Crippen LogP contribution in [-0.2, 0) is 0 Å². The third-order valence-corrected chi connectivity index (χ3v) is 5.34. The van der Waals surface area contributed by atoms with Gasteiger partial charge in [-0.15, -0.1) is 0 Å². The average Bonchev–Trinajstić information content (AvgIpc) is 3.43. The second-order valence-electron chi connectivity index (χ2n) is 7.22. The summed E-state index contributed by atoms with van der Waals surface area (Å²) in [7, 11) is 0. The Labute approximate surface area is 175 Å². The Morgan fingerprint density at radius 2 is 1.71 bits per heavy atom. The number of nitrogens with one attached hydrogen (secondary N) is 2. The van der Waals surface area contributed by atoms with Crippen LogP contribution >= 0.6 is 0 Å². The molecule has 31 heavy (non-hydrogen) atoms. The van der Waals surface area contributed by atoms with Crippen molar-refractivity contribution in [2.24, 2.45) is 0 Å². The maximum absolute atomic E-state index is 14.4. The van der Waals surface area contributed by atoms with E-state index in [0.29, 0.717) is 11.2 Å². The Hall–Kier alpha value is -4.39. The summed E-state index contributed by atoms with van der Waals surface area (Å²) in [6.07, 6.45) is 6.94. The van der Waals surface area contributed by atoms with Gasteiger partial charge in [-0.3, -0.25) is 15.1 Å². The fourth-order valence-corrected chi connectivity index (χ4v) is 3.86. The van der Waals surface area contributed by atoms with Gasteiger partial charge in [-0.2, -0.15) is 5.10 Å². The van der Waals surface area contributed by atoms with E-state index in [1.54, 1.807) is 36.9 Å². The fourth-order valence-electron chi connectivity index (χ4n) is 3.86. The molecule has 6 nitrogen and oxygen atoms in total. The van der Waals surface area contributed by atoms with Gasteiger partial charge in [-0.25, -0.2) is 9.37 Å². The lowest BCUT2D eigenvalue weighted by molar-refractivity contribution is 0.631. The molecule has 0 aliphatic heterocycles. The van der Waals surface area contributed by atoms with E-state index in [9.17, 15) is 4.39 Å². The number of aromatic amines is 2. The van der Waals surface area contributed by atoms with Crippen LogP contribution in [0.4, 0.5) is 4.39 Å². The van der Waals surface area contributed by atoms with Gasteiger partial charge in [0.15, 0.2) is 5.65 Å². The monoisotopic (exact) mass is 406 g/mol. The Balaban J connectivity index is 1.53. The molecule has 0 bridgehead atoms. The predicted octanol–water partition coefficient (Wildman–Crippen LogP) is 5.37. The first-order valence-corrected chi connectivity index (χ1v) is 9.75. The zero-order valence-corrected chi connectivity index (χ0v) is 16.2. The van der Waals surface area contributed by atoms with Gasteiger partial charge in [0.1, 0.15) is 11.5 Å². The van der Waals surface area contributed by atoms with Crippen LogP contribution in [0.15, 0.2) is 79.4 Å². The summed E-state index contributed by atoms with van der Waals surface area (Å²) in [5.74, 6) is -0.283. The topological polar surface area (TPSA) is 83.1 Å². The molecule has 0 unspecified atom stereocenters. The number of rotatable bonds is 3. The Morgan fingerprint density at radius 3 is 2.58 bits per heavy atom. The number of hydrogen-bond donors (Lipinski definition) is 2. The number of pyridine rings is 3. The van der Waals surface area contributed by atoms with E-state index in [2.05, 4.69) is 30.1 Å². The number of fused-ring (bicyclic) bond motifs is 2. The van der Waals surface area contributed by atoms with Crippen molar-refractivity contribution in [2.75, 3.05) is 0 Å². The van der Waals surface area contributed by atoms with Gasteiger partial charge in [-0.1, -0.05) is 24.3 Å². The van der Waals surface area contributed by atoms with Crippen LogP contribution in [0, 0.1) is 5.82 Å². The maximum atomic E-state index is 14.4. The van der Waals surface area contributed by atoms with Crippen LogP contribution in [0.1, 0.15) is 0 Å². The molecule has 0 aliphatic carbocycles. The zero-order valence-electron chi connectivity index (χ0n) is 16.2. The van der Waals surface area contributed by atoms with E-state index in [4.69, 9.17) is 0 Å². The smallest absolute Gasteiger partial charge is 0.155 e. The second-order valence-corrected chi connectivity index (χ2v) is 7.22. The van der Waals surface area contributed by atoms with E-state index < -0.39 is 0 Å². The molecule has 0 amide bonds. The van der Waals surface area contributed by atoms with Crippen molar-refractivity contribution < 1.29 is 4.39 Å². The molecule has 5 aromatic heterocycles. The lowest BCUT2D eigenvalue weighted by Gasteiger charge is -2.03. The number of hydrogen-bond acceptors (Lipinski definition) is 4. The predicted molar refractivity (Wildman–Crippen MR) is 118 cm³/mol. The zero-order chi connectivity index (χ0) is 20.8. The molecule has 2 N–H and O–H groups in total. The van der Waals surface area contributed by atoms with Gasteiger partial charge in [0.25, 0.3) is 0 Å². The van der Waals surface area contributed by atoms with Crippen molar-refractivity contribution in [3.63, 3.8) is 0 Å². The molecule has 1 aromatic carbocycles. The highest BCUT2D eigenvalue weighted by Gasteiger charge is 2.16. The number of benzene rings is 1. The lowest BCUT2D eigenvalue weighted by atomic mass is 10.0. The summed E-state index contributed by atoms with van der Waals surface area (Å²) in [5, 5.41) is 9.22. The minimum atomic E-state index is -0.283. The van der Waals surface area contributed by atoms with E-state index in [-0.39, 0.29) is 5.82 Å². The number of nitrogens with zero attached hydrogens (tertiary/aromatic N) is 4. The SMILES string of the molecule is Fc1ccccc1-c1cncc2[nH]c(-c3n[nH]c4ncc(-c5ccccn5)cc34)cc12. The normalized spacial score (nSPS) is 11.4. The van der Waals surface area contributed by atoms with Gasteiger partial charge >= 0.3 is 0 Å². The van der Waals surface area contributed by atoms with Crippen LogP contribution in [-0.4, -0.2) is 30.1 Å². The fraction of sp³-hybridized carbons (Fsp3) is 0. The van der Waals surface area contributed by atoms with Crippen molar-refractivity contribution in [1.82, 2.24) is 30.1 Å². The molecule has 0 atom stereocenters. The van der Waals surface area contributed by atoms with Gasteiger partial charge < -0.3 is 4.98 Å². The van der Waals surface area contributed by atoms with Gasteiger partial charge in [0.05, 0.1) is 23.1 Å². The average molecular weight is 406 g/mol. The highest BCUT2D eigenvalue weighted by molar-refractivity contribution is 6.00. The van der Waals surface area contributed by atoms with E-state index in [1.807, 2.05) is 36.4 Å². The van der Waals surface area contributed by atoms with Gasteiger partial charge in [0.2, 0.25) is 0 Å². The summed E-state index contributed by atoms with van der Waals surface area (Å²) in [6.45, 7) is 0. The molecule has 148 valence electrons. The van der Waals surface area contributed by atoms with E-state index in [0.717, 1.165) is 44.5 Å². The number of halogens is 1. The molecule has 5 heterocycles. The Kier molecular flexibility index (Phi) is 3.86. The van der Waals surface area contributed by atoms with Crippen molar-refractivity contribution in [3.8, 4) is 33.8 Å². The van der Waals surface area contributed by atoms with Crippen molar-refractivity contribution in [1.29, 1.82) is 0 Å². The summed E-state index contributed by atoms with van der Waals surface area (Å²) in [4.78, 5) is 16.6. The number of aromatic nitrogens is 6. The summed E-state index contributed by atoms with van der Waals surface area (Å²) in [5.41, 5.74) is 6.00. The van der Waals surface area contributed by atoms with E-state index >= 15 is 0 Å². The minimum absolute atomic E-state index is 0.283. The van der Waals surface area contributed by atoms with E-state index in [1.165, 1.54) is 6.07 Å². The highest BCUT2D eigenvalue weighted by atomic mass is 19.1. The molecule has 7 heteroatoms. The summed E-state index contributed by atoms with van der Waals surface area (Å²) in [6, 6.07) is 16.5. The molecule has 6 rings (SSSR count). The molecule has 0 spiro atoms. The van der Waals surface area contributed by atoms with Gasteiger partial charge in [0, 0.05) is 46.1 Å². The Bertz CT molecular complexity index is 1550. The first kappa shape index (κ1) is 17.5. The molecule has 0 radical (unpaired) electrons. The molecule has 0 saturated carbocycles. The van der Waals surface area contributed by atoms with Crippen LogP contribution in [0.5, 0.6) is 0 Å². The van der Waals surface area contributed by atoms with Crippen molar-refractivity contribution in [3.05, 3.63) is 85.2 Å². The Morgan fingerprint density at radius 1 is 0.806 bits per heavy atom. The third kappa shape index (κ3) is 2.86. The molecule has 0 fully saturated rings. The van der Waals surface area contributed by atoms with Crippen molar-refractivity contribution >= 4 is 21.9 Å². The lowest BCUT2D eigenvalue weighted by Crippen LogP contribution is -1.85. The highest BCUT2D eigenvalue weighted by Crippen LogP contribution is 2.34. The largest absolute Gasteiger partial charge is 0.352 e. The van der Waals surface area contributed by atoms with Gasteiger partial charge in [-0.05, 0) is 30.3 Å². The second kappa shape index (κ2) is 6.84. The van der Waals surface area contributed by atoms with Crippen LogP contribution in [0.2, 0.25) is 0 Å². The first-order chi connectivity index (χ1) is 15.3. The molecule has 0 saturated heterocycles. The quantitative estimate of drug-likeness (QED) is 0.414. The standard InChI is InChI=1S/C24H15FN6/c25-19-6-2-1-5-15(19)18-12-26-13-22-16(18)10-21(29-22)23-17-9-14(11-28-24(17)31-30-23)20-7-3-4-8-27-20/h1-13,29H,(H,28,30,31). The number of H-pyrrole nitrogens is 2. The van der Waals surface area contributed by atoms with Crippen LogP contribution < -0.4 is 0 Å². The molecule has 0 aliphatic rings. The summed E-state index contributed by atoms with van der Waals surface area (Å²) >= 11 is 0. The molecular weight excluding hydrogens is 391 g/mol. The first-order valence-electron chi connectivity index (χ1n) is 9.75. The summed E-state index contributed by atoms with van der Waals surface area (Å²) < 4.78 is 14.4. The van der Waals surface area contributed by atoms with Crippen molar-refractivity contribution in [2.45, 2.75) is 0 Å². The molecule has 6 aromatic rings. The third-order valence-electron chi connectivity index (χ3n) is 5.34. The minimum Gasteiger partial charge on any atom is -0.352 e. The molecular formula is C24H15FN6. The maximum Gasteiger partial charge on any atom is 0.155 e.